The molecule has 0 unspecified atom stereocenters. The average molecular weight is 352 g/mol. The largest absolute Gasteiger partial charge is 0.328 e. The number of benzene rings is 1. The molecule has 1 aromatic rings. The Kier molecular flexibility index (Phi) is 5.21. The minimum absolute atomic E-state index is 0.0731. The summed E-state index contributed by atoms with van der Waals surface area (Å²) in [6.07, 6.45) is 0. The standard InChI is InChI=1S/C19H26F2N2O2/c1-11(2)19(12(3)4)17(24)23(13(5)6)18(25)22(19)10-14-7-8-15(20)9-16(14)21/h7-9,11-13H,10H2,1-6H3. The summed E-state index contributed by atoms with van der Waals surface area (Å²) in [6.45, 7) is 11.1. The second-order valence-corrected chi connectivity index (χ2v) is 7.51. The summed E-state index contributed by atoms with van der Waals surface area (Å²) in [5.41, 5.74) is -0.860. The van der Waals surface area contributed by atoms with Crippen LogP contribution in [0.25, 0.3) is 0 Å². The van der Waals surface area contributed by atoms with Gasteiger partial charge in [0.2, 0.25) is 0 Å². The number of amides is 3. The number of carbonyl (C=O) groups is 2. The maximum atomic E-state index is 14.2. The summed E-state index contributed by atoms with van der Waals surface area (Å²) < 4.78 is 27.4. The van der Waals surface area contributed by atoms with Crippen LogP contribution in [0.5, 0.6) is 0 Å². The van der Waals surface area contributed by atoms with E-state index in [1.165, 1.54) is 15.9 Å². The van der Waals surface area contributed by atoms with Crippen molar-refractivity contribution in [2.24, 2.45) is 11.8 Å². The van der Waals surface area contributed by atoms with Crippen LogP contribution in [0.4, 0.5) is 13.6 Å². The van der Waals surface area contributed by atoms with Crippen molar-refractivity contribution in [3.05, 3.63) is 35.4 Å². The maximum Gasteiger partial charge on any atom is 0.328 e. The fourth-order valence-electron chi connectivity index (χ4n) is 3.94. The summed E-state index contributed by atoms with van der Waals surface area (Å²) in [6, 6.07) is 2.56. The molecule has 1 aliphatic rings. The first-order valence-electron chi connectivity index (χ1n) is 8.64. The monoisotopic (exact) mass is 352 g/mol. The van der Waals surface area contributed by atoms with Gasteiger partial charge in [-0.25, -0.2) is 13.6 Å². The van der Waals surface area contributed by atoms with Crippen LogP contribution in [-0.4, -0.2) is 33.3 Å². The lowest BCUT2D eigenvalue weighted by Gasteiger charge is -2.42. The second kappa shape index (κ2) is 6.73. The van der Waals surface area contributed by atoms with E-state index < -0.39 is 23.2 Å². The highest BCUT2D eigenvalue weighted by Crippen LogP contribution is 2.42. The van der Waals surface area contributed by atoms with Crippen LogP contribution in [0.1, 0.15) is 47.1 Å². The normalized spacial score (nSPS) is 17.6. The van der Waals surface area contributed by atoms with Gasteiger partial charge in [-0.2, -0.15) is 0 Å². The number of imide groups is 1. The summed E-state index contributed by atoms with van der Waals surface area (Å²) >= 11 is 0. The maximum absolute atomic E-state index is 14.2. The van der Waals surface area contributed by atoms with E-state index in [1.807, 2.05) is 27.7 Å². The molecule has 3 amide bonds. The van der Waals surface area contributed by atoms with Gasteiger partial charge in [0.25, 0.3) is 5.91 Å². The number of hydrogen-bond acceptors (Lipinski definition) is 2. The number of halogens is 2. The van der Waals surface area contributed by atoms with Crippen LogP contribution in [0, 0.1) is 23.5 Å². The first-order chi connectivity index (χ1) is 11.5. The number of urea groups is 1. The Morgan fingerprint density at radius 1 is 1.00 bits per heavy atom. The minimum Gasteiger partial charge on any atom is -0.305 e. The minimum atomic E-state index is -1.05. The molecule has 6 heteroatoms. The van der Waals surface area contributed by atoms with Gasteiger partial charge >= 0.3 is 6.03 Å². The molecule has 0 spiro atoms. The number of carbonyl (C=O) groups excluding carboxylic acids is 2. The predicted octanol–water partition coefficient (Wildman–Crippen LogP) is 4.19. The Morgan fingerprint density at radius 3 is 2.00 bits per heavy atom. The van der Waals surface area contributed by atoms with E-state index in [1.54, 1.807) is 13.8 Å². The van der Waals surface area contributed by atoms with Crippen molar-refractivity contribution in [3.63, 3.8) is 0 Å². The van der Waals surface area contributed by atoms with Gasteiger partial charge in [-0.3, -0.25) is 9.69 Å². The van der Waals surface area contributed by atoms with Gasteiger partial charge in [0.05, 0.1) is 6.54 Å². The number of hydrogen-bond donors (Lipinski definition) is 0. The zero-order valence-corrected chi connectivity index (χ0v) is 15.6. The Bertz CT molecular complexity index is 678. The number of rotatable bonds is 5. The fourth-order valence-corrected chi connectivity index (χ4v) is 3.94. The zero-order valence-electron chi connectivity index (χ0n) is 15.6. The lowest BCUT2D eigenvalue weighted by atomic mass is 9.75. The first kappa shape index (κ1) is 19.3. The van der Waals surface area contributed by atoms with Gasteiger partial charge in [0, 0.05) is 17.7 Å². The average Bonchev–Trinajstić information content (AvgIpc) is 2.70. The Hall–Kier alpha value is -1.98. The Morgan fingerprint density at radius 2 is 1.56 bits per heavy atom. The third kappa shape index (κ3) is 2.92. The molecule has 1 saturated heterocycles. The highest BCUT2D eigenvalue weighted by atomic mass is 19.1. The highest BCUT2D eigenvalue weighted by molar-refractivity contribution is 6.07. The molecule has 1 fully saturated rings. The van der Waals surface area contributed by atoms with Crippen molar-refractivity contribution >= 4 is 11.9 Å². The highest BCUT2D eigenvalue weighted by Gasteiger charge is 2.60. The molecular formula is C19H26F2N2O2. The first-order valence-corrected chi connectivity index (χ1v) is 8.64. The molecule has 0 aliphatic carbocycles. The summed E-state index contributed by atoms with van der Waals surface area (Å²) in [5.74, 6) is -1.95. The van der Waals surface area contributed by atoms with Crippen LogP contribution in [0.15, 0.2) is 18.2 Å². The second-order valence-electron chi connectivity index (χ2n) is 7.51. The van der Waals surface area contributed by atoms with E-state index in [-0.39, 0.29) is 35.9 Å². The van der Waals surface area contributed by atoms with E-state index in [0.29, 0.717) is 0 Å². The van der Waals surface area contributed by atoms with Crippen LogP contribution in [0.2, 0.25) is 0 Å². The molecule has 2 rings (SSSR count). The van der Waals surface area contributed by atoms with Gasteiger partial charge in [-0.1, -0.05) is 33.8 Å². The van der Waals surface area contributed by atoms with Gasteiger partial charge < -0.3 is 4.90 Å². The fraction of sp³-hybridized carbons (Fsp3) is 0.579. The van der Waals surface area contributed by atoms with Crippen LogP contribution in [-0.2, 0) is 11.3 Å². The van der Waals surface area contributed by atoms with Gasteiger partial charge in [0.1, 0.15) is 17.2 Å². The summed E-state index contributed by atoms with van der Waals surface area (Å²) in [7, 11) is 0. The molecule has 0 N–H and O–H groups in total. The van der Waals surface area contributed by atoms with Crippen molar-refractivity contribution in [2.75, 3.05) is 0 Å². The summed E-state index contributed by atoms with van der Waals surface area (Å²) in [4.78, 5) is 28.9. The topological polar surface area (TPSA) is 40.6 Å². The lowest BCUT2D eigenvalue weighted by Crippen LogP contribution is -2.57. The molecule has 1 aromatic carbocycles. The zero-order chi connectivity index (χ0) is 19.1. The van der Waals surface area contributed by atoms with Crippen LogP contribution < -0.4 is 0 Å². The van der Waals surface area contributed by atoms with Crippen LogP contribution in [0.3, 0.4) is 0 Å². The van der Waals surface area contributed by atoms with E-state index in [0.717, 1.165) is 12.1 Å². The third-order valence-electron chi connectivity index (χ3n) is 5.07. The van der Waals surface area contributed by atoms with E-state index in [2.05, 4.69) is 0 Å². The Balaban J connectivity index is 2.57. The van der Waals surface area contributed by atoms with Crippen molar-refractivity contribution in [3.8, 4) is 0 Å². The molecular weight excluding hydrogens is 326 g/mol. The molecule has 0 bridgehead atoms. The van der Waals surface area contributed by atoms with Gasteiger partial charge in [-0.05, 0) is 31.7 Å². The molecule has 25 heavy (non-hydrogen) atoms. The molecule has 0 radical (unpaired) electrons. The quantitative estimate of drug-likeness (QED) is 0.746. The van der Waals surface area contributed by atoms with E-state index >= 15 is 0 Å². The molecule has 4 nitrogen and oxygen atoms in total. The lowest BCUT2D eigenvalue weighted by molar-refractivity contribution is -0.139. The summed E-state index contributed by atoms with van der Waals surface area (Å²) in [5, 5.41) is 0. The van der Waals surface area contributed by atoms with Crippen molar-refractivity contribution in [1.82, 2.24) is 9.80 Å². The van der Waals surface area contributed by atoms with Crippen molar-refractivity contribution in [1.29, 1.82) is 0 Å². The van der Waals surface area contributed by atoms with E-state index in [9.17, 15) is 18.4 Å². The van der Waals surface area contributed by atoms with Crippen molar-refractivity contribution < 1.29 is 18.4 Å². The molecule has 138 valence electrons. The van der Waals surface area contributed by atoms with Gasteiger partial charge in [0.15, 0.2) is 0 Å². The smallest absolute Gasteiger partial charge is 0.305 e. The van der Waals surface area contributed by atoms with E-state index in [4.69, 9.17) is 0 Å². The Labute approximate surface area is 147 Å². The molecule has 1 heterocycles. The van der Waals surface area contributed by atoms with Crippen molar-refractivity contribution in [2.45, 2.75) is 59.7 Å². The molecule has 0 aromatic heterocycles. The van der Waals surface area contributed by atoms with Gasteiger partial charge in [-0.15, -0.1) is 0 Å². The third-order valence-corrected chi connectivity index (χ3v) is 5.07. The molecule has 1 aliphatic heterocycles. The SMILES string of the molecule is CC(C)N1C(=O)N(Cc2ccc(F)cc2F)C(C(C)C)(C(C)C)C1=O. The van der Waals surface area contributed by atoms with Crippen LogP contribution >= 0.6 is 0 Å². The molecule has 0 atom stereocenters. The molecule has 0 saturated carbocycles. The predicted molar refractivity (Wildman–Crippen MR) is 91.7 cm³/mol. The number of nitrogens with zero attached hydrogens (tertiary/aromatic N) is 2.